The number of carbonyl (C=O) groups is 3. The number of alkyl halides is 6. The van der Waals surface area contributed by atoms with Gasteiger partial charge in [-0.1, -0.05) is 0 Å². The van der Waals surface area contributed by atoms with Gasteiger partial charge in [-0.3, -0.25) is 9.59 Å². The van der Waals surface area contributed by atoms with E-state index in [0.717, 1.165) is 11.1 Å². The lowest BCUT2D eigenvalue weighted by molar-refractivity contribution is -0.192. The van der Waals surface area contributed by atoms with Gasteiger partial charge in [-0.05, 0) is 19.3 Å². The second-order valence-electron chi connectivity index (χ2n) is 7.65. The number of hydrogen-bond donors (Lipinski definition) is 2. The first-order valence-corrected chi connectivity index (χ1v) is 10.2. The van der Waals surface area contributed by atoms with E-state index >= 15 is 0 Å². The second kappa shape index (κ2) is 10.9. The van der Waals surface area contributed by atoms with E-state index in [1.807, 2.05) is 0 Å². The van der Waals surface area contributed by atoms with Gasteiger partial charge < -0.3 is 20.6 Å². The largest absolute Gasteiger partial charge is 0.490 e. The fourth-order valence-electron chi connectivity index (χ4n) is 3.41. The molecule has 3 rings (SSSR count). The number of nitrogens with two attached hydrogens (primary N) is 1. The molecule has 194 valence electrons. The van der Waals surface area contributed by atoms with E-state index in [-0.39, 0.29) is 50.1 Å². The van der Waals surface area contributed by atoms with Gasteiger partial charge in [0.15, 0.2) is 0 Å². The Morgan fingerprint density at radius 2 is 1.80 bits per heavy atom. The molecule has 1 fully saturated rings. The third-order valence-electron chi connectivity index (χ3n) is 5.18. The first kappa shape index (κ1) is 27.8. The molecule has 1 aromatic heterocycles. The van der Waals surface area contributed by atoms with Crippen molar-refractivity contribution in [3.8, 4) is 6.07 Å². The van der Waals surface area contributed by atoms with Gasteiger partial charge in [0.25, 0.3) is 5.82 Å². The lowest BCUT2D eigenvalue weighted by Crippen LogP contribution is -2.46. The number of aromatic nitrogens is 3. The van der Waals surface area contributed by atoms with Crippen molar-refractivity contribution < 1.29 is 45.8 Å². The Morgan fingerprint density at radius 3 is 2.34 bits per heavy atom. The monoisotopic (exact) mass is 513 g/mol. The summed E-state index contributed by atoms with van der Waals surface area (Å²) < 4.78 is 71.0. The number of likely N-dealkylation sites (tertiary alicyclic amines) is 1. The summed E-state index contributed by atoms with van der Waals surface area (Å²) >= 11 is 0. The van der Waals surface area contributed by atoms with E-state index < -0.39 is 36.2 Å². The van der Waals surface area contributed by atoms with E-state index in [0.29, 0.717) is 13.0 Å². The van der Waals surface area contributed by atoms with Gasteiger partial charge in [0.05, 0.1) is 25.2 Å². The summed E-state index contributed by atoms with van der Waals surface area (Å²) in [7, 11) is 0. The van der Waals surface area contributed by atoms with Crippen molar-refractivity contribution in [3.63, 3.8) is 0 Å². The molecule has 0 saturated carbocycles. The van der Waals surface area contributed by atoms with E-state index in [9.17, 15) is 35.9 Å². The van der Waals surface area contributed by atoms with Crippen LogP contribution in [0.2, 0.25) is 0 Å². The summed E-state index contributed by atoms with van der Waals surface area (Å²) in [5, 5.41) is 19.6. The van der Waals surface area contributed by atoms with Crippen molar-refractivity contribution in [1.82, 2.24) is 24.6 Å². The standard InChI is InChI=1S/C16H20F3N7O2.C2HF3O2/c17-16(18,19)15-22-12-9-24(6-7-26(12)23-15)13(27)4-3-11(21)14(28)25-5-1-2-10(25)8-20;3-2(4,5)1(6)7/h10-11H,1-7,9,21H2;(H,6,7)/t10-,11-;/m0./s1. The van der Waals surface area contributed by atoms with Crippen molar-refractivity contribution in [2.24, 2.45) is 5.73 Å². The molecule has 0 unspecified atom stereocenters. The Labute approximate surface area is 194 Å². The van der Waals surface area contributed by atoms with Crippen molar-refractivity contribution in [2.45, 2.75) is 63.2 Å². The zero-order valence-corrected chi connectivity index (χ0v) is 18.0. The highest BCUT2D eigenvalue weighted by Crippen LogP contribution is 2.27. The molecule has 2 amide bonds. The number of carbonyl (C=O) groups excluding carboxylic acids is 2. The van der Waals surface area contributed by atoms with Crippen LogP contribution in [0.25, 0.3) is 0 Å². The molecule has 17 heteroatoms. The number of carboxylic acid groups (broad SMARTS) is 1. The number of nitrogens with zero attached hydrogens (tertiary/aromatic N) is 6. The maximum absolute atomic E-state index is 12.7. The topological polar surface area (TPSA) is 158 Å². The Morgan fingerprint density at radius 1 is 1.17 bits per heavy atom. The summed E-state index contributed by atoms with van der Waals surface area (Å²) in [5.41, 5.74) is 5.90. The fourth-order valence-corrected chi connectivity index (χ4v) is 3.41. The molecule has 0 spiro atoms. The number of nitriles is 1. The van der Waals surface area contributed by atoms with E-state index in [1.165, 1.54) is 9.80 Å². The van der Waals surface area contributed by atoms with Gasteiger partial charge in [-0.2, -0.15) is 31.6 Å². The molecule has 0 aromatic carbocycles. The minimum atomic E-state index is -5.08. The van der Waals surface area contributed by atoms with Crippen LogP contribution in [0.15, 0.2) is 0 Å². The van der Waals surface area contributed by atoms with Gasteiger partial charge in [0.2, 0.25) is 11.8 Å². The molecule has 0 bridgehead atoms. The molecule has 11 nitrogen and oxygen atoms in total. The summed E-state index contributed by atoms with van der Waals surface area (Å²) in [6.07, 6.45) is -8.28. The summed E-state index contributed by atoms with van der Waals surface area (Å²) in [6.45, 7) is 0.723. The molecule has 0 aliphatic carbocycles. The van der Waals surface area contributed by atoms with Gasteiger partial charge in [0, 0.05) is 19.5 Å². The number of amides is 2. The Hall–Kier alpha value is -3.42. The average Bonchev–Trinajstić information content (AvgIpc) is 3.42. The predicted octanol–water partition coefficient (Wildman–Crippen LogP) is 0.894. The Bertz CT molecular complexity index is 987. The lowest BCUT2D eigenvalue weighted by Gasteiger charge is -2.27. The zero-order valence-electron chi connectivity index (χ0n) is 18.0. The molecule has 2 aliphatic rings. The van der Waals surface area contributed by atoms with Crippen molar-refractivity contribution in [3.05, 3.63) is 11.6 Å². The van der Waals surface area contributed by atoms with Crippen LogP contribution in [0, 0.1) is 11.3 Å². The summed E-state index contributed by atoms with van der Waals surface area (Å²) in [6, 6.07) is 0.687. The SMILES string of the molecule is N#C[C@@H]1CCCN1C(=O)[C@@H](N)CCC(=O)N1CCn2nc(C(F)(F)F)nc2C1.O=C(O)C(F)(F)F. The third-order valence-corrected chi connectivity index (χ3v) is 5.18. The fraction of sp³-hybridized carbons (Fsp3) is 0.667. The molecule has 3 N–H and O–H groups in total. The van der Waals surface area contributed by atoms with Gasteiger partial charge >= 0.3 is 18.3 Å². The Kier molecular flexibility index (Phi) is 8.65. The van der Waals surface area contributed by atoms with Crippen LogP contribution in [-0.2, 0) is 33.6 Å². The smallest absolute Gasteiger partial charge is 0.475 e. The van der Waals surface area contributed by atoms with Crippen molar-refractivity contribution >= 4 is 17.8 Å². The van der Waals surface area contributed by atoms with E-state index in [2.05, 4.69) is 16.2 Å². The van der Waals surface area contributed by atoms with Gasteiger partial charge in [-0.15, -0.1) is 5.10 Å². The first-order valence-electron chi connectivity index (χ1n) is 10.2. The molecule has 0 radical (unpaired) electrons. The quantitative estimate of drug-likeness (QED) is 0.562. The molecule has 1 aromatic rings. The normalized spacial score (nSPS) is 18.7. The number of fused-ring (bicyclic) bond motifs is 1. The van der Waals surface area contributed by atoms with E-state index in [1.54, 1.807) is 0 Å². The minimum absolute atomic E-state index is 0.0156. The maximum atomic E-state index is 12.7. The number of rotatable bonds is 4. The van der Waals surface area contributed by atoms with Crippen LogP contribution in [0.4, 0.5) is 26.3 Å². The van der Waals surface area contributed by atoms with Crippen molar-refractivity contribution in [1.29, 1.82) is 5.26 Å². The van der Waals surface area contributed by atoms with Crippen LogP contribution in [0.5, 0.6) is 0 Å². The molecular formula is C18H21F6N7O4. The summed E-state index contributed by atoms with van der Waals surface area (Å²) in [4.78, 5) is 39.9. The third kappa shape index (κ3) is 7.28. The molecule has 2 atom stereocenters. The van der Waals surface area contributed by atoms with Crippen LogP contribution in [-0.4, -0.2) is 78.8 Å². The van der Waals surface area contributed by atoms with Crippen LogP contribution in [0.1, 0.15) is 37.3 Å². The minimum Gasteiger partial charge on any atom is -0.475 e. The average molecular weight is 513 g/mol. The van der Waals surface area contributed by atoms with Crippen LogP contribution >= 0.6 is 0 Å². The lowest BCUT2D eigenvalue weighted by atomic mass is 10.1. The van der Waals surface area contributed by atoms with Crippen LogP contribution < -0.4 is 5.73 Å². The Balaban J connectivity index is 0.000000540. The number of aliphatic carboxylic acids is 1. The predicted molar refractivity (Wildman–Crippen MR) is 102 cm³/mol. The molecule has 3 heterocycles. The second-order valence-corrected chi connectivity index (χ2v) is 7.65. The van der Waals surface area contributed by atoms with Gasteiger partial charge in [0.1, 0.15) is 11.9 Å². The number of carboxylic acids is 1. The highest BCUT2D eigenvalue weighted by atomic mass is 19.4. The highest BCUT2D eigenvalue weighted by Gasteiger charge is 2.39. The maximum Gasteiger partial charge on any atom is 0.490 e. The molecular weight excluding hydrogens is 492 g/mol. The summed E-state index contributed by atoms with van der Waals surface area (Å²) in [5.74, 6) is -4.58. The van der Waals surface area contributed by atoms with Crippen LogP contribution in [0.3, 0.4) is 0 Å². The molecule has 2 aliphatic heterocycles. The zero-order chi connectivity index (χ0) is 26.6. The highest BCUT2D eigenvalue weighted by molar-refractivity contribution is 5.84. The number of hydrogen-bond acceptors (Lipinski definition) is 7. The van der Waals surface area contributed by atoms with Gasteiger partial charge in [-0.25, -0.2) is 14.5 Å². The number of halogens is 6. The first-order chi connectivity index (χ1) is 16.1. The van der Waals surface area contributed by atoms with E-state index in [4.69, 9.17) is 20.9 Å². The van der Waals surface area contributed by atoms with Crippen molar-refractivity contribution in [2.75, 3.05) is 13.1 Å². The molecule has 35 heavy (non-hydrogen) atoms. The molecule has 1 saturated heterocycles.